The fourth-order valence-electron chi connectivity index (χ4n) is 4.76. The van der Waals surface area contributed by atoms with Crippen molar-refractivity contribution in [1.29, 1.82) is 0 Å². The van der Waals surface area contributed by atoms with E-state index >= 15 is 0 Å². The average Bonchev–Trinajstić information content (AvgIpc) is 2.91. The van der Waals surface area contributed by atoms with E-state index in [1.54, 1.807) is 0 Å². The van der Waals surface area contributed by atoms with Gasteiger partial charge >= 0.3 is 0 Å². The molecule has 1 N–H and O–H groups in total. The van der Waals surface area contributed by atoms with Crippen molar-refractivity contribution in [2.75, 3.05) is 24.1 Å². The van der Waals surface area contributed by atoms with Crippen molar-refractivity contribution in [3.05, 3.63) is 83.2 Å². The Kier molecular flexibility index (Phi) is 7.06. The second-order valence-corrected chi connectivity index (χ2v) is 11.2. The maximum atomic E-state index is 13.7. The van der Waals surface area contributed by atoms with Crippen molar-refractivity contribution in [2.24, 2.45) is 0 Å². The van der Waals surface area contributed by atoms with Crippen molar-refractivity contribution in [3.63, 3.8) is 0 Å². The molecule has 0 saturated carbocycles. The summed E-state index contributed by atoms with van der Waals surface area (Å²) < 4.78 is 53.1. The van der Waals surface area contributed by atoms with Crippen molar-refractivity contribution in [1.82, 2.24) is 5.32 Å². The lowest BCUT2D eigenvalue weighted by molar-refractivity contribution is -0.120. The Bertz CT molecular complexity index is 1410. The number of nitrogens with one attached hydrogen (secondary N) is 1. The van der Waals surface area contributed by atoms with Gasteiger partial charge in [-0.3, -0.25) is 9.10 Å². The van der Waals surface area contributed by atoms with E-state index in [0.29, 0.717) is 24.7 Å². The highest BCUT2D eigenvalue weighted by Gasteiger charge is 2.29. The monoisotopic (exact) mass is 524 g/mol. The molecule has 0 bridgehead atoms. The number of hydrogen-bond acceptors (Lipinski definition) is 5. The molecule has 1 atom stereocenters. The van der Waals surface area contributed by atoms with Gasteiger partial charge in [0.2, 0.25) is 5.91 Å². The minimum atomic E-state index is -4.19. The molecule has 0 aromatic heterocycles. The third-order valence-electron chi connectivity index (χ3n) is 6.75. The molecule has 1 aliphatic heterocycles. The zero-order valence-electron chi connectivity index (χ0n) is 20.6. The largest absolute Gasteiger partial charge is 0.486 e. The lowest BCUT2D eigenvalue weighted by Gasteiger charge is -2.26. The molecular formula is C28H29FN2O5S. The van der Waals surface area contributed by atoms with E-state index in [1.165, 1.54) is 47.9 Å². The van der Waals surface area contributed by atoms with Gasteiger partial charge in [0.1, 0.15) is 25.6 Å². The van der Waals surface area contributed by atoms with Crippen LogP contribution < -0.4 is 19.1 Å². The van der Waals surface area contributed by atoms with E-state index < -0.39 is 28.3 Å². The van der Waals surface area contributed by atoms with Crippen molar-refractivity contribution in [2.45, 2.75) is 43.5 Å². The molecule has 0 radical (unpaired) electrons. The Morgan fingerprint density at radius 2 is 1.65 bits per heavy atom. The number of ether oxygens (including phenoxy) is 2. The van der Waals surface area contributed by atoms with Gasteiger partial charge in [-0.1, -0.05) is 18.2 Å². The minimum absolute atomic E-state index is 0.0587. The van der Waals surface area contributed by atoms with Crippen LogP contribution in [0.3, 0.4) is 0 Å². The van der Waals surface area contributed by atoms with Crippen LogP contribution in [0, 0.1) is 5.82 Å². The molecule has 0 spiro atoms. The van der Waals surface area contributed by atoms with Crippen molar-refractivity contribution in [3.8, 4) is 11.5 Å². The Morgan fingerprint density at radius 3 is 2.41 bits per heavy atom. The van der Waals surface area contributed by atoms with Gasteiger partial charge < -0.3 is 14.8 Å². The van der Waals surface area contributed by atoms with Gasteiger partial charge in [0, 0.05) is 6.07 Å². The summed E-state index contributed by atoms with van der Waals surface area (Å²) in [5.74, 6) is -0.214. The van der Waals surface area contributed by atoms with Crippen LogP contribution in [0.25, 0.3) is 0 Å². The Labute approximate surface area is 216 Å². The summed E-state index contributed by atoms with van der Waals surface area (Å²) in [5, 5.41) is 2.92. The number of anilines is 1. The summed E-state index contributed by atoms with van der Waals surface area (Å²) in [6, 6.07) is 15.3. The molecule has 9 heteroatoms. The summed E-state index contributed by atoms with van der Waals surface area (Å²) in [6.45, 7) is 2.09. The molecule has 0 unspecified atom stereocenters. The van der Waals surface area contributed by atoms with E-state index in [4.69, 9.17) is 9.47 Å². The van der Waals surface area contributed by atoms with Crippen LogP contribution in [0.5, 0.6) is 11.5 Å². The molecule has 0 saturated heterocycles. The summed E-state index contributed by atoms with van der Waals surface area (Å²) in [4.78, 5) is 13.1. The Balaban J connectivity index is 1.39. The molecule has 3 aromatic rings. The van der Waals surface area contributed by atoms with Gasteiger partial charge in [-0.2, -0.15) is 0 Å². The highest BCUT2D eigenvalue weighted by Crippen LogP contribution is 2.34. The molecule has 194 valence electrons. The molecular weight excluding hydrogens is 495 g/mol. The first kappa shape index (κ1) is 25.1. The average molecular weight is 525 g/mol. The standard InChI is InChI=1S/C28H29FN2O5S/c1-19(21-7-6-20-4-2-3-5-22(20)16-21)30-28(32)18-31(24-10-8-23(29)9-11-24)37(33,34)25-12-13-26-27(17-25)36-15-14-35-26/h6-13,16-17,19H,2-5,14-15,18H2,1H3,(H,30,32)/t19-/m0/s1. The summed E-state index contributed by atoms with van der Waals surface area (Å²) >= 11 is 0. The number of amides is 1. The fourth-order valence-corrected chi connectivity index (χ4v) is 6.19. The minimum Gasteiger partial charge on any atom is -0.486 e. The van der Waals surface area contributed by atoms with E-state index in [9.17, 15) is 17.6 Å². The smallest absolute Gasteiger partial charge is 0.264 e. The highest BCUT2D eigenvalue weighted by atomic mass is 32.2. The molecule has 7 nitrogen and oxygen atoms in total. The number of fused-ring (bicyclic) bond motifs is 2. The first-order chi connectivity index (χ1) is 17.8. The van der Waals surface area contributed by atoms with Crippen LogP contribution in [0.1, 0.15) is 42.5 Å². The summed E-state index contributed by atoms with van der Waals surface area (Å²) in [6.07, 6.45) is 4.44. The number of aryl methyl sites for hydroxylation is 2. The molecule has 0 fully saturated rings. The SMILES string of the molecule is C[C@H](NC(=O)CN(c1ccc(F)cc1)S(=O)(=O)c1ccc2c(c1)OCCO2)c1ccc2c(c1)CCCC2. The zero-order chi connectivity index (χ0) is 26.0. The van der Waals surface area contributed by atoms with Crippen LogP contribution in [0.2, 0.25) is 0 Å². The predicted molar refractivity (Wildman–Crippen MR) is 138 cm³/mol. The van der Waals surface area contributed by atoms with Crippen LogP contribution in [0.15, 0.2) is 65.6 Å². The number of sulfonamides is 1. The zero-order valence-corrected chi connectivity index (χ0v) is 21.4. The van der Waals surface area contributed by atoms with Gasteiger partial charge in [-0.25, -0.2) is 12.8 Å². The van der Waals surface area contributed by atoms with E-state index in [2.05, 4.69) is 17.4 Å². The van der Waals surface area contributed by atoms with Gasteiger partial charge in [0.25, 0.3) is 10.0 Å². The Morgan fingerprint density at radius 1 is 0.946 bits per heavy atom. The summed E-state index contributed by atoms with van der Waals surface area (Å²) in [5.41, 5.74) is 3.80. The first-order valence-corrected chi connectivity index (χ1v) is 13.8. The molecule has 5 rings (SSSR count). The first-order valence-electron chi connectivity index (χ1n) is 12.4. The van der Waals surface area contributed by atoms with Gasteiger partial charge in [0.05, 0.1) is 16.6 Å². The molecule has 3 aromatic carbocycles. The lowest BCUT2D eigenvalue weighted by Crippen LogP contribution is -2.41. The fraction of sp³-hybridized carbons (Fsp3) is 0.321. The second-order valence-electron chi connectivity index (χ2n) is 9.32. The third kappa shape index (κ3) is 5.41. The van der Waals surface area contributed by atoms with Crippen LogP contribution >= 0.6 is 0 Å². The molecule has 37 heavy (non-hydrogen) atoms. The highest BCUT2D eigenvalue weighted by molar-refractivity contribution is 7.92. The topological polar surface area (TPSA) is 84.9 Å². The van der Waals surface area contributed by atoms with E-state index in [0.717, 1.165) is 41.3 Å². The molecule has 1 heterocycles. The number of nitrogens with zero attached hydrogens (tertiary/aromatic N) is 1. The maximum absolute atomic E-state index is 13.7. The Hall–Kier alpha value is -3.59. The molecule has 1 aliphatic carbocycles. The normalized spacial score (nSPS) is 15.4. The van der Waals surface area contributed by atoms with Crippen LogP contribution in [-0.2, 0) is 27.7 Å². The molecule has 1 amide bonds. The quantitative estimate of drug-likeness (QED) is 0.490. The maximum Gasteiger partial charge on any atom is 0.264 e. The number of hydrogen-bond donors (Lipinski definition) is 1. The number of carbonyl (C=O) groups is 1. The number of halogens is 1. The van der Waals surface area contributed by atoms with E-state index in [1.807, 2.05) is 13.0 Å². The predicted octanol–water partition coefficient (Wildman–Crippen LogP) is 4.55. The third-order valence-corrected chi connectivity index (χ3v) is 8.52. The summed E-state index contributed by atoms with van der Waals surface area (Å²) in [7, 11) is -4.19. The van der Waals surface area contributed by atoms with Crippen LogP contribution in [0.4, 0.5) is 10.1 Å². The number of rotatable bonds is 7. The van der Waals surface area contributed by atoms with Crippen molar-refractivity contribution >= 4 is 21.6 Å². The number of benzene rings is 3. The van der Waals surface area contributed by atoms with Gasteiger partial charge in [-0.15, -0.1) is 0 Å². The number of carbonyl (C=O) groups excluding carboxylic acids is 1. The van der Waals surface area contributed by atoms with Crippen molar-refractivity contribution < 1.29 is 27.1 Å². The van der Waals surface area contributed by atoms with E-state index in [-0.39, 0.29) is 16.6 Å². The van der Waals surface area contributed by atoms with Gasteiger partial charge in [-0.05, 0) is 85.7 Å². The second kappa shape index (κ2) is 10.4. The van der Waals surface area contributed by atoms with Gasteiger partial charge in [0.15, 0.2) is 11.5 Å². The molecule has 2 aliphatic rings. The lowest BCUT2D eigenvalue weighted by atomic mass is 9.89. The van der Waals surface area contributed by atoms with Crippen LogP contribution in [-0.4, -0.2) is 34.1 Å².